The summed E-state index contributed by atoms with van der Waals surface area (Å²) in [6, 6.07) is 4.58. The van der Waals surface area contributed by atoms with E-state index in [0.717, 1.165) is 5.69 Å². The van der Waals surface area contributed by atoms with Gasteiger partial charge < -0.3 is 5.73 Å². The minimum absolute atomic E-state index is 0.212. The molecule has 0 fully saturated rings. The van der Waals surface area contributed by atoms with Crippen molar-refractivity contribution < 1.29 is 4.39 Å². The highest BCUT2D eigenvalue weighted by Crippen LogP contribution is 2.27. The smallest absolute Gasteiger partial charge is 0.169 e. The first-order chi connectivity index (χ1) is 8.79. The minimum Gasteiger partial charge on any atom is -0.381 e. The molecule has 0 spiro atoms. The third-order valence-corrected chi connectivity index (χ3v) is 3.04. The summed E-state index contributed by atoms with van der Waals surface area (Å²) >= 11 is 5.73. The average Bonchev–Trinajstić information content (AvgIpc) is 2.63. The largest absolute Gasteiger partial charge is 0.381 e. The Hall–Kier alpha value is -1.62. The van der Waals surface area contributed by atoms with E-state index in [2.05, 4.69) is 10.3 Å². The fourth-order valence-electron chi connectivity index (χ4n) is 2.02. The lowest BCUT2D eigenvalue weighted by atomic mass is 9.91. The summed E-state index contributed by atoms with van der Waals surface area (Å²) in [6.07, 6.45) is 0. The maximum absolute atomic E-state index is 13.8. The monoisotopic (exact) mass is 282 g/mol. The van der Waals surface area contributed by atoms with Crippen molar-refractivity contribution in [2.75, 3.05) is 5.73 Å². The van der Waals surface area contributed by atoms with Gasteiger partial charge in [-0.1, -0.05) is 43.7 Å². The van der Waals surface area contributed by atoms with Gasteiger partial charge in [-0.05, 0) is 12.1 Å². The van der Waals surface area contributed by atoms with E-state index < -0.39 is 0 Å². The number of benzene rings is 1. The fraction of sp³-hybridized carbons (Fsp3) is 0.385. The molecule has 0 saturated carbocycles. The first-order valence-electron chi connectivity index (χ1n) is 5.92. The van der Waals surface area contributed by atoms with Crippen LogP contribution in [-0.4, -0.2) is 15.0 Å². The molecule has 0 aliphatic rings. The second-order valence-corrected chi connectivity index (χ2v) is 5.90. The quantitative estimate of drug-likeness (QED) is 0.921. The molecule has 0 saturated heterocycles. The molecule has 0 radical (unpaired) electrons. The summed E-state index contributed by atoms with van der Waals surface area (Å²) in [5.74, 6) is 0.0169. The van der Waals surface area contributed by atoms with E-state index in [-0.39, 0.29) is 17.8 Å². The SMILES string of the molecule is CC(C)(C)c1c(N)nnn1Cc1ccc(Cl)cc1F. The first-order valence-corrected chi connectivity index (χ1v) is 6.30. The number of hydrogen-bond acceptors (Lipinski definition) is 3. The van der Waals surface area contributed by atoms with Crippen LogP contribution in [0, 0.1) is 5.82 Å². The number of nitrogen functional groups attached to an aromatic ring is 1. The number of nitrogens with zero attached hydrogens (tertiary/aromatic N) is 3. The maximum atomic E-state index is 13.8. The van der Waals surface area contributed by atoms with E-state index in [1.165, 1.54) is 6.07 Å². The van der Waals surface area contributed by atoms with Crippen LogP contribution in [-0.2, 0) is 12.0 Å². The Morgan fingerprint density at radius 3 is 2.63 bits per heavy atom. The molecule has 0 aliphatic carbocycles. The van der Waals surface area contributed by atoms with Crippen molar-refractivity contribution in [2.24, 2.45) is 0 Å². The third kappa shape index (κ3) is 2.87. The van der Waals surface area contributed by atoms with Crippen LogP contribution in [0.15, 0.2) is 18.2 Å². The van der Waals surface area contributed by atoms with Crippen molar-refractivity contribution in [2.45, 2.75) is 32.7 Å². The van der Waals surface area contributed by atoms with Gasteiger partial charge in [0.05, 0.1) is 12.2 Å². The van der Waals surface area contributed by atoms with Crippen molar-refractivity contribution >= 4 is 17.4 Å². The molecule has 4 nitrogen and oxygen atoms in total. The number of rotatable bonds is 2. The molecule has 1 heterocycles. The summed E-state index contributed by atoms with van der Waals surface area (Å²) in [5.41, 5.74) is 6.92. The molecule has 2 N–H and O–H groups in total. The van der Waals surface area contributed by atoms with E-state index in [1.807, 2.05) is 20.8 Å². The second kappa shape index (κ2) is 4.81. The molecule has 102 valence electrons. The number of aromatic nitrogens is 3. The Balaban J connectivity index is 2.39. The number of hydrogen-bond donors (Lipinski definition) is 1. The molecular formula is C13H16ClFN4. The topological polar surface area (TPSA) is 56.7 Å². The summed E-state index contributed by atoms with van der Waals surface area (Å²) in [6.45, 7) is 6.31. The fourth-order valence-corrected chi connectivity index (χ4v) is 2.18. The summed E-state index contributed by atoms with van der Waals surface area (Å²) in [7, 11) is 0. The first kappa shape index (κ1) is 13.8. The van der Waals surface area contributed by atoms with E-state index >= 15 is 0 Å². The molecule has 2 rings (SSSR count). The number of anilines is 1. The molecule has 0 bridgehead atoms. The van der Waals surface area contributed by atoms with Crippen molar-refractivity contribution in [1.29, 1.82) is 0 Å². The van der Waals surface area contributed by atoms with Gasteiger partial charge in [-0.15, -0.1) is 5.10 Å². The van der Waals surface area contributed by atoms with Crippen LogP contribution in [0.25, 0.3) is 0 Å². The van der Waals surface area contributed by atoms with Crippen molar-refractivity contribution in [1.82, 2.24) is 15.0 Å². The zero-order valence-electron chi connectivity index (χ0n) is 11.1. The lowest BCUT2D eigenvalue weighted by Crippen LogP contribution is -2.20. The Bertz CT molecular complexity index is 601. The number of halogens is 2. The predicted octanol–water partition coefficient (Wildman–Crippen LogP) is 3.00. The maximum Gasteiger partial charge on any atom is 0.169 e. The zero-order chi connectivity index (χ0) is 14.2. The number of nitrogens with two attached hydrogens (primary N) is 1. The van der Waals surface area contributed by atoms with Gasteiger partial charge in [0.15, 0.2) is 5.82 Å². The van der Waals surface area contributed by atoms with Crippen LogP contribution in [0.4, 0.5) is 10.2 Å². The predicted molar refractivity (Wildman–Crippen MR) is 73.6 cm³/mol. The molecule has 0 atom stereocenters. The van der Waals surface area contributed by atoms with Crippen molar-refractivity contribution in [3.63, 3.8) is 0 Å². The van der Waals surface area contributed by atoms with Crippen LogP contribution in [0.2, 0.25) is 5.02 Å². The highest BCUT2D eigenvalue weighted by atomic mass is 35.5. The summed E-state index contributed by atoms with van der Waals surface area (Å²) < 4.78 is 15.4. The Labute approximate surface area is 116 Å². The Morgan fingerprint density at radius 1 is 1.37 bits per heavy atom. The Kier molecular flexibility index (Phi) is 3.49. The third-order valence-electron chi connectivity index (χ3n) is 2.81. The van der Waals surface area contributed by atoms with Gasteiger partial charge in [0.25, 0.3) is 0 Å². The van der Waals surface area contributed by atoms with Gasteiger partial charge in [-0.3, -0.25) is 0 Å². The van der Waals surface area contributed by atoms with Crippen LogP contribution in [0.5, 0.6) is 0 Å². The molecule has 0 aliphatic heterocycles. The molecule has 2 aromatic rings. The van der Waals surface area contributed by atoms with E-state index in [4.69, 9.17) is 17.3 Å². The van der Waals surface area contributed by atoms with Gasteiger partial charge >= 0.3 is 0 Å². The molecular weight excluding hydrogens is 267 g/mol. The lowest BCUT2D eigenvalue weighted by Gasteiger charge is -2.20. The normalized spacial score (nSPS) is 11.8. The van der Waals surface area contributed by atoms with Gasteiger partial charge in [-0.2, -0.15) is 0 Å². The second-order valence-electron chi connectivity index (χ2n) is 5.47. The van der Waals surface area contributed by atoms with E-state index in [1.54, 1.807) is 16.8 Å². The highest BCUT2D eigenvalue weighted by Gasteiger charge is 2.24. The molecule has 1 aromatic carbocycles. The molecule has 19 heavy (non-hydrogen) atoms. The van der Waals surface area contributed by atoms with Crippen molar-refractivity contribution in [3.8, 4) is 0 Å². The lowest BCUT2D eigenvalue weighted by molar-refractivity contribution is 0.494. The molecule has 0 amide bonds. The van der Waals surface area contributed by atoms with Gasteiger partial charge in [0.2, 0.25) is 0 Å². The molecule has 6 heteroatoms. The van der Waals surface area contributed by atoms with Crippen LogP contribution < -0.4 is 5.73 Å². The van der Waals surface area contributed by atoms with E-state index in [9.17, 15) is 4.39 Å². The highest BCUT2D eigenvalue weighted by molar-refractivity contribution is 6.30. The van der Waals surface area contributed by atoms with Gasteiger partial charge in [-0.25, -0.2) is 9.07 Å². The molecule has 1 aromatic heterocycles. The van der Waals surface area contributed by atoms with Crippen molar-refractivity contribution in [3.05, 3.63) is 40.3 Å². The van der Waals surface area contributed by atoms with E-state index in [0.29, 0.717) is 16.4 Å². The van der Waals surface area contributed by atoms with Gasteiger partial charge in [0.1, 0.15) is 5.82 Å². The standard InChI is InChI=1S/C13H16ClFN4/c1-13(2,3)11-12(16)17-18-19(11)7-8-4-5-9(14)6-10(8)15/h4-6H,7,16H2,1-3H3. The van der Waals surface area contributed by atoms with Crippen LogP contribution in [0.1, 0.15) is 32.0 Å². The summed E-state index contributed by atoms with van der Waals surface area (Å²) in [4.78, 5) is 0. The zero-order valence-corrected chi connectivity index (χ0v) is 11.9. The van der Waals surface area contributed by atoms with Crippen LogP contribution >= 0.6 is 11.6 Å². The Morgan fingerprint density at radius 2 is 2.05 bits per heavy atom. The van der Waals surface area contributed by atoms with Gasteiger partial charge in [0, 0.05) is 16.0 Å². The average molecular weight is 283 g/mol. The summed E-state index contributed by atoms with van der Waals surface area (Å²) in [5, 5.41) is 8.22. The van der Waals surface area contributed by atoms with Crippen LogP contribution in [0.3, 0.4) is 0 Å². The molecule has 0 unspecified atom stereocenters. The minimum atomic E-state index is -0.360.